The van der Waals surface area contributed by atoms with Crippen LogP contribution in [0, 0.1) is 6.92 Å². The number of aryl methyl sites for hydroxylation is 1. The number of benzene rings is 1. The zero-order chi connectivity index (χ0) is 15.4. The third-order valence-electron chi connectivity index (χ3n) is 3.72. The van der Waals surface area contributed by atoms with Crippen LogP contribution < -0.4 is 10.6 Å². The molecule has 2 N–H and O–H groups in total. The molecule has 0 saturated carbocycles. The van der Waals surface area contributed by atoms with Crippen molar-refractivity contribution in [3.05, 3.63) is 50.7 Å². The van der Waals surface area contributed by atoms with Crippen molar-refractivity contribution in [2.75, 3.05) is 11.9 Å². The van der Waals surface area contributed by atoms with Crippen molar-refractivity contribution >= 4 is 28.6 Å². The lowest BCUT2D eigenvalue weighted by Crippen LogP contribution is -2.21. The molecule has 0 amide bonds. The van der Waals surface area contributed by atoms with Crippen LogP contribution in [0.3, 0.4) is 0 Å². The van der Waals surface area contributed by atoms with Crippen molar-refractivity contribution in [2.45, 2.75) is 39.3 Å². The first-order valence-electron chi connectivity index (χ1n) is 7.30. The smallest absolute Gasteiger partial charge is 0.0931 e. The van der Waals surface area contributed by atoms with E-state index in [1.807, 2.05) is 6.07 Å². The quantitative estimate of drug-likeness (QED) is 0.840. The van der Waals surface area contributed by atoms with Crippen LogP contribution >= 0.6 is 22.9 Å². The van der Waals surface area contributed by atoms with Gasteiger partial charge >= 0.3 is 0 Å². The predicted octanol–water partition coefficient (Wildman–Crippen LogP) is 4.63. The molecule has 1 heterocycles. The maximum Gasteiger partial charge on any atom is 0.0931 e. The second-order valence-electron chi connectivity index (χ2n) is 5.56. The van der Waals surface area contributed by atoms with E-state index in [4.69, 9.17) is 17.3 Å². The van der Waals surface area contributed by atoms with Gasteiger partial charge < -0.3 is 10.6 Å². The molecule has 2 nitrogen and oxygen atoms in total. The van der Waals surface area contributed by atoms with Gasteiger partial charge in [0.25, 0.3) is 0 Å². The van der Waals surface area contributed by atoms with Gasteiger partial charge in [0.15, 0.2) is 0 Å². The second-order valence-corrected chi connectivity index (χ2v) is 7.35. The van der Waals surface area contributed by atoms with Crippen LogP contribution in [0.5, 0.6) is 0 Å². The highest BCUT2D eigenvalue weighted by Gasteiger charge is 2.09. The lowest BCUT2D eigenvalue weighted by atomic mass is 10.0. The predicted molar refractivity (Wildman–Crippen MR) is 94.6 cm³/mol. The zero-order valence-corrected chi connectivity index (χ0v) is 14.5. The van der Waals surface area contributed by atoms with Crippen LogP contribution in [-0.4, -0.2) is 13.1 Å². The summed E-state index contributed by atoms with van der Waals surface area (Å²) >= 11 is 7.63. The molecular weight excluding hydrogens is 300 g/mol. The van der Waals surface area contributed by atoms with E-state index in [0.29, 0.717) is 0 Å². The van der Waals surface area contributed by atoms with E-state index in [2.05, 4.69) is 50.1 Å². The van der Waals surface area contributed by atoms with Crippen LogP contribution in [0.4, 0.5) is 5.69 Å². The summed E-state index contributed by atoms with van der Waals surface area (Å²) in [6.45, 7) is 5.17. The summed E-state index contributed by atoms with van der Waals surface area (Å²) in [7, 11) is 2.12. The van der Waals surface area contributed by atoms with Crippen molar-refractivity contribution in [2.24, 2.45) is 5.73 Å². The van der Waals surface area contributed by atoms with Crippen LogP contribution in [0.15, 0.2) is 30.3 Å². The number of halogens is 1. The zero-order valence-electron chi connectivity index (χ0n) is 12.9. The normalized spacial score (nSPS) is 12.4. The molecule has 0 bridgehead atoms. The molecule has 4 heteroatoms. The summed E-state index contributed by atoms with van der Waals surface area (Å²) < 4.78 is 0.846. The Kier molecular flexibility index (Phi) is 5.68. The van der Waals surface area contributed by atoms with Crippen LogP contribution in [-0.2, 0) is 13.0 Å². The number of anilines is 1. The summed E-state index contributed by atoms with van der Waals surface area (Å²) in [5.41, 5.74) is 9.90. The van der Waals surface area contributed by atoms with Gasteiger partial charge in [-0.1, -0.05) is 30.7 Å². The van der Waals surface area contributed by atoms with Gasteiger partial charge in [-0.25, -0.2) is 0 Å². The van der Waals surface area contributed by atoms with Crippen LogP contribution in [0.2, 0.25) is 4.34 Å². The van der Waals surface area contributed by atoms with Gasteiger partial charge in [0, 0.05) is 23.7 Å². The molecule has 0 spiro atoms. The van der Waals surface area contributed by atoms with Gasteiger partial charge in [0.05, 0.1) is 10.9 Å². The molecule has 1 atom stereocenters. The number of rotatable bonds is 6. The van der Waals surface area contributed by atoms with Gasteiger partial charge in [-0.3, -0.25) is 0 Å². The van der Waals surface area contributed by atoms with E-state index >= 15 is 0 Å². The molecule has 1 aromatic carbocycles. The molecule has 0 saturated heterocycles. The second kappa shape index (κ2) is 7.30. The standard InChI is InChI=1S/C17H23ClN2S/c1-4-14(19)10-13-5-7-16(12(2)9-13)20(3)11-15-6-8-17(18)21-15/h5-9,14H,4,10-11,19H2,1-3H3. The number of nitrogens with zero attached hydrogens (tertiary/aromatic N) is 1. The van der Waals surface area contributed by atoms with Gasteiger partial charge in [0.2, 0.25) is 0 Å². The average Bonchev–Trinajstić information content (AvgIpc) is 2.83. The SMILES string of the molecule is CCC(N)Cc1ccc(N(C)Cc2ccc(Cl)s2)c(C)c1. The summed E-state index contributed by atoms with van der Waals surface area (Å²) in [5.74, 6) is 0. The van der Waals surface area contributed by atoms with Crippen molar-refractivity contribution in [3.8, 4) is 0 Å². The lowest BCUT2D eigenvalue weighted by Gasteiger charge is -2.21. The number of hydrogen-bond donors (Lipinski definition) is 1. The van der Waals surface area contributed by atoms with E-state index in [-0.39, 0.29) is 6.04 Å². The fraction of sp³-hybridized carbons (Fsp3) is 0.412. The maximum atomic E-state index is 6.04. The Labute approximate surface area is 136 Å². The highest BCUT2D eigenvalue weighted by atomic mass is 35.5. The first kappa shape index (κ1) is 16.3. The topological polar surface area (TPSA) is 29.3 Å². The summed E-state index contributed by atoms with van der Waals surface area (Å²) in [5, 5.41) is 0. The number of thiophene rings is 1. The Hall–Kier alpha value is -1.03. The monoisotopic (exact) mass is 322 g/mol. The van der Waals surface area contributed by atoms with Gasteiger partial charge in [-0.15, -0.1) is 11.3 Å². The highest BCUT2D eigenvalue weighted by Crippen LogP contribution is 2.26. The third kappa shape index (κ3) is 4.47. The summed E-state index contributed by atoms with van der Waals surface area (Å²) in [6.07, 6.45) is 1.96. The minimum absolute atomic E-state index is 0.251. The molecule has 21 heavy (non-hydrogen) atoms. The molecule has 0 aliphatic heterocycles. The molecule has 0 fully saturated rings. The van der Waals surface area contributed by atoms with Crippen molar-refractivity contribution in [1.82, 2.24) is 0 Å². The minimum Gasteiger partial charge on any atom is -0.369 e. The van der Waals surface area contributed by atoms with E-state index < -0.39 is 0 Å². The molecule has 0 radical (unpaired) electrons. The van der Waals surface area contributed by atoms with E-state index in [9.17, 15) is 0 Å². The molecule has 0 aliphatic carbocycles. The van der Waals surface area contributed by atoms with Crippen LogP contribution in [0.25, 0.3) is 0 Å². The first-order chi connectivity index (χ1) is 9.99. The minimum atomic E-state index is 0.251. The Morgan fingerprint density at radius 1 is 1.29 bits per heavy atom. The molecule has 114 valence electrons. The van der Waals surface area contributed by atoms with Gasteiger partial charge in [-0.2, -0.15) is 0 Å². The van der Waals surface area contributed by atoms with Crippen LogP contribution in [0.1, 0.15) is 29.3 Å². The molecule has 1 aromatic heterocycles. The Bertz CT molecular complexity index is 594. The number of hydrogen-bond acceptors (Lipinski definition) is 3. The van der Waals surface area contributed by atoms with Gasteiger partial charge in [-0.05, 0) is 49.1 Å². The molecule has 2 aromatic rings. The summed E-state index contributed by atoms with van der Waals surface area (Å²) in [4.78, 5) is 3.54. The fourth-order valence-corrected chi connectivity index (χ4v) is 3.62. The van der Waals surface area contributed by atoms with Crippen molar-refractivity contribution < 1.29 is 0 Å². The lowest BCUT2D eigenvalue weighted by molar-refractivity contribution is 0.646. The Balaban J connectivity index is 2.09. The fourth-order valence-electron chi connectivity index (χ4n) is 2.48. The van der Waals surface area contributed by atoms with E-state index in [1.54, 1.807) is 11.3 Å². The third-order valence-corrected chi connectivity index (χ3v) is 4.93. The average molecular weight is 323 g/mol. The van der Waals surface area contributed by atoms with E-state index in [1.165, 1.54) is 21.7 Å². The first-order valence-corrected chi connectivity index (χ1v) is 8.49. The Morgan fingerprint density at radius 3 is 2.62 bits per heavy atom. The van der Waals surface area contributed by atoms with Crippen molar-refractivity contribution in [3.63, 3.8) is 0 Å². The molecule has 1 unspecified atom stereocenters. The highest BCUT2D eigenvalue weighted by molar-refractivity contribution is 7.16. The Morgan fingerprint density at radius 2 is 2.05 bits per heavy atom. The maximum absolute atomic E-state index is 6.04. The molecule has 2 rings (SSSR count). The van der Waals surface area contributed by atoms with Gasteiger partial charge in [0.1, 0.15) is 0 Å². The summed E-state index contributed by atoms with van der Waals surface area (Å²) in [6, 6.07) is 10.9. The van der Waals surface area contributed by atoms with E-state index in [0.717, 1.165) is 23.7 Å². The molecule has 0 aliphatic rings. The van der Waals surface area contributed by atoms with Crippen molar-refractivity contribution in [1.29, 1.82) is 0 Å². The molecular formula is C17H23ClN2S. The largest absolute Gasteiger partial charge is 0.369 e. The number of nitrogens with two attached hydrogens (primary N) is 1.